The number of esters is 2. The molecule has 12 nitrogen and oxygen atoms in total. The summed E-state index contributed by atoms with van der Waals surface area (Å²) in [6, 6.07) is -1.53. The van der Waals surface area contributed by atoms with Crippen LogP contribution in [-0.2, 0) is 42.3 Å². The molecule has 0 heterocycles. The number of carbonyl (C=O) groups is 4. The molecule has 0 radical (unpaired) electrons. The van der Waals surface area contributed by atoms with E-state index in [0.29, 0.717) is 19.3 Å². The zero-order chi connectivity index (χ0) is 40.8. The third kappa shape index (κ3) is 37.0. The molecular formula is C42H76NO11P. The molecule has 320 valence electrons. The second kappa shape index (κ2) is 37.2. The lowest BCUT2D eigenvalue weighted by atomic mass is 10.0. The number of phosphoric ester groups is 1. The first-order valence-corrected chi connectivity index (χ1v) is 22.8. The van der Waals surface area contributed by atoms with E-state index < -0.39 is 51.1 Å². The monoisotopic (exact) mass is 802 g/mol. The van der Waals surface area contributed by atoms with Crippen LogP contribution >= 0.6 is 7.82 Å². The van der Waals surface area contributed by atoms with Gasteiger partial charge in [-0.25, -0.2) is 4.57 Å². The molecule has 0 aromatic heterocycles. The normalized spacial score (nSPS) is 13.9. The quantitative estimate of drug-likeness (QED) is 0.0175. The van der Waals surface area contributed by atoms with Crippen molar-refractivity contribution < 1.29 is 52.3 Å². The second-order valence-electron chi connectivity index (χ2n) is 14.5. The molecule has 0 fully saturated rings. The number of rotatable bonds is 40. The molecule has 0 spiro atoms. The van der Waals surface area contributed by atoms with Crippen LogP contribution in [0.4, 0.5) is 0 Å². The predicted octanol–water partition coefficient (Wildman–Crippen LogP) is 10.2. The minimum atomic E-state index is -4.73. The Hall–Kier alpha value is -2.37. The molecule has 0 rings (SSSR count). The molecule has 13 heteroatoms. The van der Waals surface area contributed by atoms with Crippen LogP contribution in [0.5, 0.6) is 0 Å². The highest BCUT2D eigenvalue weighted by Crippen LogP contribution is 2.43. The Balaban J connectivity index is 4.42. The Kier molecular flexibility index (Phi) is 35.6. The molecule has 0 aromatic rings. The SMILES string of the molecule is CCCCCCCCCCCCCCCCCC(=O)O[C@H](COC(=O)CCCCCCC/C=C\C=C\C(=O)CCCCC)COP(=O)(O)OC[C@H](N)C(=O)O. The van der Waals surface area contributed by atoms with Crippen LogP contribution in [0.25, 0.3) is 0 Å². The van der Waals surface area contributed by atoms with Gasteiger partial charge in [-0.3, -0.25) is 28.2 Å². The minimum Gasteiger partial charge on any atom is -0.480 e. The fourth-order valence-corrected chi connectivity index (χ4v) is 6.53. The number of ether oxygens (including phenoxy) is 2. The van der Waals surface area contributed by atoms with Gasteiger partial charge in [0.05, 0.1) is 13.2 Å². The summed E-state index contributed by atoms with van der Waals surface area (Å²) in [7, 11) is -4.73. The van der Waals surface area contributed by atoms with Crippen molar-refractivity contribution >= 4 is 31.5 Å². The van der Waals surface area contributed by atoms with Crippen LogP contribution in [-0.4, -0.2) is 65.7 Å². The summed E-state index contributed by atoms with van der Waals surface area (Å²) < 4.78 is 32.6. The Labute approximate surface area is 332 Å². The Morgan fingerprint density at radius 3 is 1.60 bits per heavy atom. The van der Waals surface area contributed by atoms with Crippen molar-refractivity contribution in [2.75, 3.05) is 19.8 Å². The smallest absolute Gasteiger partial charge is 0.472 e. The van der Waals surface area contributed by atoms with Crippen molar-refractivity contribution in [2.45, 2.75) is 199 Å². The molecule has 0 saturated carbocycles. The molecule has 0 bridgehead atoms. The third-order valence-corrected chi connectivity index (χ3v) is 10.1. The van der Waals surface area contributed by atoms with E-state index in [1.807, 2.05) is 12.2 Å². The zero-order valence-electron chi connectivity index (χ0n) is 34.3. The Bertz CT molecular complexity index is 1100. The molecule has 1 unspecified atom stereocenters. The molecular weight excluding hydrogens is 725 g/mol. The highest BCUT2D eigenvalue weighted by Gasteiger charge is 2.28. The Morgan fingerprint density at radius 1 is 0.600 bits per heavy atom. The highest BCUT2D eigenvalue weighted by atomic mass is 31.2. The lowest BCUT2D eigenvalue weighted by Crippen LogP contribution is -2.34. The van der Waals surface area contributed by atoms with E-state index in [9.17, 15) is 28.6 Å². The molecule has 55 heavy (non-hydrogen) atoms. The van der Waals surface area contributed by atoms with E-state index in [1.54, 1.807) is 12.2 Å². The summed E-state index contributed by atoms with van der Waals surface area (Å²) in [6.45, 7) is 2.61. The molecule has 0 amide bonds. The van der Waals surface area contributed by atoms with E-state index in [-0.39, 0.29) is 25.2 Å². The van der Waals surface area contributed by atoms with E-state index in [1.165, 1.54) is 70.6 Å². The fraction of sp³-hybridized carbons (Fsp3) is 0.810. The van der Waals surface area contributed by atoms with Gasteiger partial charge in [0.15, 0.2) is 11.9 Å². The van der Waals surface area contributed by atoms with E-state index >= 15 is 0 Å². The first kappa shape index (κ1) is 52.6. The summed E-state index contributed by atoms with van der Waals surface area (Å²) in [5.74, 6) is -2.28. The molecule has 0 aliphatic heterocycles. The van der Waals surface area contributed by atoms with Gasteiger partial charge >= 0.3 is 25.7 Å². The van der Waals surface area contributed by atoms with E-state index in [4.69, 9.17) is 24.8 Å². The number of carboxylic acid groups (broad SMARTS) is 1. The topological polar surface area (TPSA) is 189 Å². The lowest BCUT2D eigenvalue weighted by molar-refractivity contribution is -0.161. The standard InChI is InChI=1S/C42H76NO11P/c1-3-5-7-8-9-10-11-12-13-14-15-18-22-25-29-33-41(46)54-38(35-52-55(49,50)53-36-39(43)42(47)48)34-51-40(45)32-28-24-21-19-16-17-20-23-27-31-37(44)30-26-6-4-2/h20,23,27,31,38-39H,3-19,21-22,24-26,28-30,32-36,43H2,1-2H3,(H,47,48)(H,49,50)/b23-20-,31-27+/t38-,39+/m1/s1. The second-order valence-corrected chi connectivity index (χ2v) is 16.0. The zero-order valence-corrected chi connectivity index (χ0v) is 35.2. The summed E-state index contributed by atoms with van der Waals surface area (Å²) in [5.41, 5.74) is 5.32. The van der Waals surface area contributed by atoms with Crippen LogP contribution in [0, 0.1) is 0 Å². The number of allylic oxidation sites excluding steroid dienone is 4. The predicted molar refractivity (Wildman–Crippen MR) is 217 cm³/mol. The highest BCUT2D eigenvalue weighted by molar-refractivity contribution is 7.47. The summed E-state index contributed by atoms with van der Waals surface area (Å²) in [4.78, 5) is 57.6. The number of carboxylic acids is 1. The van der Waals surface area contributed by atoms with Crippen molar-refractivity contribution in [3.63, 3.8) is 0 Å². The van der Waals surface area contributed by atoms with Gasteiger partial charge in [-0.2, -0.15) is 0 Å². The largest absolute Gasteiger partial charge is 0.480 e. The van der Waals surface area contributed by atoms with E-state index in [2.05, 4.69) is 18.4 Å². The van der Waals surface area contributed by atoms with Gasteiger partial charge in [-0.1, -0.05) is 154 Å². The average Bonchev–Trinajstić information content (AvgIpc) is 3.15. The van der Waals surface area contributed by atoms with Gasteiger partial charge in [0.25, 0.3) is 0 Å². The first-order chi connectivity index (χ1) is 26.5. The number of unbranched alkanes of at least 4 members (excludes halogenated alkanes) is 21. The average molecular weight is 802 g/mol. The fourth-order valence-electron chi connectivity index (χ4n) is 5.75. The van der Waals surface area contributed by atoms with Gasteiger partial charge in [-0.15, -0.1) is 0 Å². The van der Waals surface area contributed by atoms with E-state index in [0.717, 1.165) is 70.6 Å². The lowest BCUT2D eigenvalue weighted by Gasteiger charge is -2.20. The maximum absolute atomic E-state index is 12.6. The number of hydrogen-bond acceptors (Lipinski definition) is 10. The summed E-state index contributed by atoms with van der Waals surface area (Å²) >= 11 is 0. The van der Waals surface area contributed by atoms with Crippen molar-refractivity contribution in [3.05, 3.63) is 24.3 Å². The van der Waals surface area contributed by atoms with Gasteiger partial charge in [0.2, 0.25) is 0 Å². The molecule has 3 atom stereocenters. The minimum absolute atomic E-state index is 0.148. The number of aliphatic carboxylic acids is 1. The first-order valence-electron chi connectivity index (χ1n) is 21.3. The van der Waals surface area contributed by atoms with Crippen molar-refractivity contribution in [3.8, 4) is 0 Å². The molecule has 0 aromatic carbocycles. The number of ketones is 1. The van der Waals surface area contributed by atoms with Crippen LogP contribution in [0.15, 0.2) is 24.3 Å². The Morgan fingerprint density at radius 2 is 1.05 bits per heavy atom. The van der Waals surface area contributed by atoms with Crippen molar-refractivity contribution in [2.24, 2.45) is 5.73 Å². The van der Waals surface area contributed by atoms with Gasteiger partial charge in [0, 0.05) is 19.3 Å². The third-order valence-electron chi connectivity index (χ3n) is 9.18. The summed E-state index contributed by atoms with van der Waals surface area (Å²) in [5, 5.41) is 8.88. The van der Waals surface area contributed by atoms with Gasteiger partial charge in [0.1, 0.15) is 12.6 Å². The number of carbonyl (C=O) groups excluding carboxylic acids is 3. The van der Waals surface area contributed by atoms with Crippen LogP contribution < -0.4 is 5.73 Å². The van der Waals surface area contributed by atoms with Crippen LogP contribution in [0.3, 0.4) is 0 Å². The number of hydrogen-bond donors (Lipinski definition) is 3. The maximum Gasteiger partial charge on any atom is 0.472 e. The number of phosphoric acid groups is 1. The van der Waals surface area contributed by atoms with Gasteiger partial charge in [-0.05, 0) is 38.2 Å². The molecule has 0 aliphatic rings. The number of nitrogens with two attached hydrogens (primary N) is 1. The molecule has 0 aliphatic carbocycles. The maximum atomic E-state index is 12.6. The van der Waals surface area contributed by atoms with Gasteiger partial charge < -0.3 is 25.2 Å². The van der Waals surface area contributed by atoms with Crippen molar-refractivity contribution in [1.82, 2.24) is 0 Å². The molecule has 0 saturated heterocycles. The summed E-state index contributed by atoms with van der Waals surface area (Å²) in [6.07, 6.45) is 33.6. The van der Waals surface area contributed by atoms with Crippen LogP contribution in [0.2, 0.25) is 0 Å². The van der Waals surface area contributed by atoms with Crippen molar-refractivity contribution in [1.29, 1.82) is 0 Å². The molecule has 4 N–H and O–H groups in total. The van der Waals surface area contributed by atoms with Crippen LogP contribution in [0.1, 0.15) is 187 Å².